The predicted octanol–water partition coefficient (Wildman–Crippen LogP) is 4.17. The van der Waals surface area contributed by atoms with Crippen LogP contribution >= 0.6 is 0 Å². The summed E-state index contributed by atoms with van der Waals surface area (Å²) in [5.74, 6) is 0.757. The number of carbonyl (C=O) groups excluding carboxylic acids is 1. The van der Waals surface area contributed by atoms with Gasteiger partial charge in [-0.2, -0.15) is 5.10 Å². The van der Waals surface area contributed by atoms with Crippen LogP contribution in [0, 0.1) is 6.92 Å². The van der Waals surface area contributed by atoms with Crippen molar-refractivity contribution in [1.82, 2.24) is 25.4 Å². The van der Waals surface area contributed by atoms with Gasteiger partial charge in [-0.3, -0.25) is 19.8 Å². The fraction of sp³-hybridized carbons (Fsp3) is 0.387. The minimum absolute atomic E-state index is 0.0822. The Kier molecular flexibility index (Phi) is 7.66. The molecular formula is C31H36N6O3. The summed E-state index contributed by atoms with van der Waals surface area (Å²) in [5, 5.41) is 11.5. The number of hydrogen-bond acceptors (Lipinski definition) is 7. The summed E-state index contributed by atoms with van der Waals surface area (Å²) < 4.78 is 12.1. The molecule has 0 saturated carbocycles. The van der Waals surface area contributed by atoms with Gasteiger partial charge in [-0.05, 0) is 53.9 Å². The summed E-state index contributed by atoms with van der Waals surface area (Å²) in [6.45, 7) is 7.84. The molecule has 4 heterocycles. The first-order valence-electron chi connectivity index (χ1n) is 14.0. The van der Waals surface area contributed by atoms with Gasteiger partial charge in [-0.15, -0.1) is 0 Å². The number of aromatic nitrogens is 3. The molecule has 2 saturated heterocycles. The Morgan fingerprint density at radius 1 is 1.10 bits per heavy atom. The van der Waals surface area contributed by atoms with E-state index in [9.17, 15) is 4.79 Å². The minimum Gasteiger partial charge on any atom is -0.489 e. The maximum Gasteiger partial charge on any atom is 0.253 e. The van der Waals surface area contributed by atoms with Gasteiger partial charge in [0.25, 0.3) is 5.91 Å². The van der Waals surface area contributed by atoms with Crippen molar-refractivity contribution in [1.29, 1.82) is 0 Å². The highest BCUT2D eigenvalue weighted by Gasteiger charge is 2.24. The summed E-state index contributed by atoms with van der Waals surface area (Å²) >= 11 is 0. The molecule has 1 amide bonds. The second kappa shape index (κ2) is 11.7. The molecule has 0 aliphatic carbocycles. The maximum atomic E-state index is 12.9. The van der Waals surface area contributed by atoms with Crippen molar-refractivity contribution in [2.45, 2.75) is 32.4 Å². The van der Waals surface area contributed by atoms with E-state index in [0.29, 0.717) is 5.56 Å². The maximum absolute atomic E-state index is 12.9. The van der Waals surface area contributed by atoms with Crippen molar-refractivity contribution in [2.24, 2.45) is 0 Å². The van der Waals surface area contributed by atoms with E-state index in [0.717, 1.165) is 97.9 Å². The number of ether oxygens (including phenoxy) is 2. The van der Waals surface area contributed by atoms with E-state index in [4.69, 9.17) is 9.47 Å². The van der Waals surface area contributed by atoms with Crippen LogP contribution in [0.5, 0.6) is 5.75 Å². The number of hydrogen-bond donors (Lipinski definition) is 2. The Morgan fingerprint density at radius 2 is 1.93 bits per heavy atom. The number of anilines is 1. The van der Waals surface area contributed by atoms with Gasteiger partial charge in [0.1, 0.15) is 11.9 Å². The van der Waals surface area contributed by atoms with Crippen molar-refractivity contribution in [3.8, 4) is 16.9 Å². The van der Waals surface area contributed by atoms with Gasteiger partial charge in [0.05, 0.1) is 35.4 Å². The van der Waals surface area contributed by atoms with E-state index >= 15 is 0 Å². The molecule has 0 spiro atoms. The number of piperazine rings is 1. The fourth-order valence-electron chi connectivity index (χ4n) is 5.70. The molecule has 2 aliphatic heterocycles. The van der Waals surface area contributed by atoms with E-state index in [1.807, 2.05) is 31.3 Å². The molecule has 0 bridgehead atoms. The monoisotopic (exact) mass is 540 g/mol. The molecule has 40 heavy (non-hydrogen) atoms. The number of nitrogens with zero attached hydrogens (tertiary/aromatic N) is 4. The van der Waals surface area contributed by atoms with Gasteiger partial charge in [0.15, 0.2) is 0 Å². The molecule has 0 unspecified atom stereocenters. The number of aryl methyl sites for hydroxylation is 1. The predicted molar refractivity (Wildman–Crippen MR) is 156 cm³/mol. The molecule has 9 nitrogen and oxygen atoms in total. The first kappa shape index (κ1) is 26.3. The van der Waals surface area contributed by atoms with Gasteiger partial charge in [-0.1, -0.05) is 12.1 Å². The zero-order valence-corrected chi connectivity index (χ0v) is 23.2. The highest BCUT2D eigenvalue weighted by molar-refractivity contribution is 6.01. The Bertz CT molecular complexity index is 1470. The van der Waals surface area contributed by atoms with E-state index in [1.54, 1.807) is 13.2 Å². The molecule has 2 aromatic heterocycles. The Balaban J connectivity index is 1.30. The standard InChI is InChI=1S/C31H36N6O3/c1-21-30-27(35-34-21)16-24(18-29(30)40-25-7-14-39-15-8-25)23-5-6-26(31(38)32-2)28(17-23)37-12-10-36(11-13-37)20-22-4-3-9-33-19-22/h3-6,9,16-19,25H,7-8,10-15,20H2,1-2H3,(H,32,38)(H,34,35). The number of nitrogens with one attached hydrogen (secondary N) is 2. The number of H-pyrrole nitrogens is 1. The van der Waals surface area contributed by atoms with Crippen LogP contribution in [0.4, 0.5) is 5.69 Å². The van der Waals surface area contributed by atoms with Crippen LogP contribution in [-0.4, -0.2) is 78.5 Å². The molecule has 208 valence electrons. The number of rotatable bonds is 7. The van der Waals surface area contributed by atoms with Gasteiger partial charge in [-0.25, -0.2) is 0 Å². The number of amides is 1. The van der Waals surface area contributed by atoms with Crippen LogP contribution < -0.4 is 15.0 Å². The highest BCUT2D eigenvalue weighted by Crippen LogP contribution is 2.37. The topological polar surface area (TPSA) is 95.6 Å². The van der Waals surface area contributed by atoms with Crippen LogP contribution in [-0.2, 0) is 11.3 Å². The number of pyridine rings is 1. The summed E-state index contributed by atoms with van der Waals surface area (Å²) in [6.07, 6.45) is 5.60. The number of fused-ring (bicyclic) bond motifs is 1. The molecule has 2 fully saturated rings. The molecule has 9 heteroatoms. The minimum atomic E-state index is -0.0822. The quantitative estimate of drug-likeness (QED) is 0.363. The van der Waals surface area contributed by atoms with E-state index < -0.39 is 0 Å². The normalized spacial score (nSPS) is 16.8. The summed E-state index contributed by atoms with van der Waals surface area (Å²) in [6, 6.07) is 14.4. The van der Waals surface area contributed by atoms with Crippen molar-refractivity contribution in [3.63, 3.8) is 0 Å². The lowest BCUT2D eigenvalue weighted by Crippen LogP contribution is -2.46. The van der Waals surface area contributed by atoms with Crippen molar-refractivity contribution in [2.75, 3.05) is 51.3 Å². The molecule has 0 atom stereocenters. The van der Waals surface area contributed by atoms with Gasteiger partial charge in [0, 0.05) is 70.7 Å². The third-order valence-corrected chi connectivity index (χ3v) is 7.91. The third-order valence-electron chi connectivity index (χ3n) is 7.91. The Labute approximate surface area is 234 Å². The first-order valence-corrected chi connectivity index (χ1v) is 14.0. The van der Waals surface area contributed by atoms with E-state index in [2.05, 4.69) is 54.6 Å². The molecular weight excluding hydrogens is 504 g/mol. The summed E-state index contributed by atoms with van der Waals surface area (Å²) in [4.78, 5) is 21.9. The molecule has 0 radical (unpaired) electrons. The van der Waals surface area contributed by atoms with Gasteiger partial charge >= 0.3 is 0 Å². The second-order valence-electron chi connectivity index (χ2n) is 10.6. The van der Waals surface area contributed by atoms with Crippen molar-refractivity contribution in [3.05, 3.63) is 71.7 Å². The van der Waals surface area contributed by atoms with Crippen LogP contribution in [0.3, 0.4) is 0 Å². The molecule has 2 aromatic carbocycles. The number of aromatic amines is 1. The van der Waals surface area contributed by atoms with E-state index in [-0.39, 0.29) is 12.0 Å². The van der Waals surface area contributed by atoms with Crippen molar-refractivity contribution < 1.29 is 14.3 Å². The Morgan fingerprint density at radius 3 is 2.67 bits per heavy atom. The fourth-order valence-corrected chi connectivity index (χ4v) is 5.70. The lowest BCUT2D eigenvalue weighted by Gasteiger charge is -2.37. The lowest BCUT2D eigenvalue weighted by molar-refractivity contribution is 0.0262. The van der Waals surface area contributed by atoms with Gasteiger partial charge < -0.3 is 19.7 Å². The molecule has 4 aromatic rings. The van der Waals surface area contributed by atoms with Crippen LogP contribution in [0.2, 0.25) is 0 Å². The summed E-state index contributed by atoms with van der Waals surface area (Å²) in [5.41, 5.74) is 6.75. The average Bonchev–Trinajstić information content (AvgIpc) is 3.38. The average molecular weight is 541 g/mol. The SMILES string of the molecule is CNC(=O)c1ccc(-c2cc(OC3CCOCC3)c3c(C)[nH]nc3c2)cc1N1CCN(Cc2cccnc2)CC1. The van der Waals surface area contributed by atoms with Crippen LogP contribution in [0.25, 0.3) is 22.0 Å². The van der Waals surface area contributed by atoms with E-state index in [1.165, 1.54) is 5.56 Å². The van der Waals surface area contributed by atoms with Crippen molar-refractivity contribution >= 4 is 22.5 Å². The number of benzene rings is 2. The first-order chi connectivity index (χ1) is 19.6. The van der Waals surface area contributed by atoms with Crippen LogP contribution in [0.1, 0.15) is 34.5 Å². The second-order valence-corrected chi connectivity index (χ2v) is 10.6. The summed E-state index contributed by atoms with van der Waals surface area (Å²) in [7, 11) is 1.68. The third kappa shape index (κ3) is 5.52. The highest BCUT2D eigenvalue weighted by atomic mass is 16.5. The lowest BCUT2D eigenvalue weighted by atomic mass is 9.99. The smallest absolute Gasteiger partial charge is 0.253 e. The zero-order valence-electron chi connectivity index (χ0n) is 23.2. The largest absolute Gasteiger partial charge is 0.489 e. The van der Waals surface area contributed by atoms with Crippen LogP contribution in [0.15, 0.2) is 54.9 Å². The molecule has 2 N–H and O–H groups in total. The van der Waals surface area contributed by atoms with Gasteiger partial charge in [0.2, 0.25) is 0 Å². The molecule has 2 aliphatic rings. The zero-order chi connectivity index (χ0) is 27.5. The Hall–Kier alpha value is -3.95. The molecule has 6 rings (SSSR count). The number of carbonyl (C=O) groups is 1.